The lowest BCUT2D eigenvalue weighted by Gasteiger charge is -2.21. The predicted molar refractivity (Wildman–Crippen MR) is 88.2 cm³/mol. The number of rotatable bonds is 6. The van der Waals surface area contributed by atoms with Gasteiger partial charge in [0.2, 0.25) is 5.91 Å². The second kappa shape index (κ2) is 8.37. The molecule has 0 aromatic heterocycles. The van der Waals surface area contributed by atoms with Crippen LogP contribution in [0.1, 0.15) is 16.7 Å². The van der Waals surface area contributed by atoms with E-state index in [1.807, 2.05) is 38.0 Å². The lowest BCUT2D eigenvalue weighted by atomic mass is 9.75. The summed E-state index contributed by atoms with van der Waals surface area (Å²) in [6.45, 7) is 3.64. The molecule has 1 aromatic rings. The Balaban J connectivity index is 2.74. The lowest BCUT2D eigenvalue weighted by Crippen LogP contribution is -2.50. The molecular weight excluding hydrogens is 295 g/mol. The summed E-state index contributed by atoms with van der Waals surface area (Å²) in [7, 11) is -0.315. The van der Waals surface area contributed by atoms with Gasteiger partial charge in [0, 0.05) is 7.05 Å². The second-order valence-corrected chi connectivity index (χ2v) is 5.53. The van der Waals surface area contributed by atoms with Crippen LogP contribution in [0.4, 0.5) is 0 Å². The molecule has 0 spiro atoms. The molecule has 0 unspecified atom stereocenters. The molecule has 122 valence electrons. The largest absolute Gasteiger partial charge is 0.475 e. The molecule has 0 fully saturated rings. The smallest absolute Gasteiger partial charge is 0.426 e. The Kier molecular flexibility index (Phi) is 6.82. The van der Waals surface area contributed by atoms with Gasteiger partial charge in [-0.05, 0) is 37.3 Å². The first-order chi connectivity index (χ1) is 10.7. The Morgan fingerprint density at radius 3 is 2.57 bits per heavy atom. The number of nitrogens with one attached hydrogen (secondary N) is 1. The highest BCUT2D eigenvalue weighted by atomic mass is 16.4. The average molecular weight is 316 g/mol. The van der Waals surface area contributed by atoms with Crippen molar-refractivity contribution in [3.63, 3.8) is 0 Å². The van der Waals surface area contributed by atoms with Crippen LogP contribution < -0.4 is 5.32 Å². The van der Waals surface area contributed by atoms with Crippen LogP contribution in [0.2, 0.25) is 0 Å². The molecule has 2 amide bonds. The van der Waals surface area contributed by atoms with Gasteiger partial charge in [0.05, 0.1) is 5.94 Å². The standard InChI is InChI=1S/C16H21BN2O4/c1-5-16(21)19(4)10-15(20)18-14(17(22)23)9-13-7-6-11(2)8-12(13)3/h1,6-8,14,22-23H,9-10H2,2-4H3,(H,18,20)/t14-/m0/s1. The van der Waals surface area contributed by atoms with E-state index in [-0.39, 0.29) is 13.0 Å². The van der Waals surface area contributed by atoms with E-state index in [9.17, 15) is 19.6 Å². The zero-order valence-corrected chi connectivity index (χ0v) is 13.5. The van der Waals surface area contributed by atoms with Gasteiger partial charge in [-0.15, -0.1) is 6.42 Å². The van der Waals surface area contributed by atoms with Crippen LogP contribution in [0.3, 0.4) is 0 Å². The number of carbonyl (C=O) groups is 2. The first kappa shape index (κ1) is 18.8. The molecule has 0 aliphatic carbocycles. The monoisotopic (exact) mass is 316 g/mol. The van der Waals surface area contributed by atoms with E-state index in [1.165, 1.54) is 7.05 Å². The zero-order valence-electron chi connectivity index (χ0n) is 13.5. The highest BCUT2D eigenvalue weighted by Crippen LogP contribution is 2.13. The number of terminal acetylenes is 1. The third kappa shape index (κ3) is 5.77. The molecule has 1 aromatic carbocycles. The first-order valence-corrected chi connectivity index (χ1v) is 7.18. The van der Waals surface area contributed by atoms with E-state index >= 15 is 0 Å². The maximum Gasteiger partial charge on any atom is 0.475 e. The number of carbonyl (C=O) groups excluding carboxylic acids is 2. The van der Waals surface area contributed by atoms with Gasteiger partial charge in [0.15, 0.2) is 0 Å². The number of benzene rings is 1. The van der Waals surface area contributed by atoms with Gasteiger partial charge in [-0.3, -0.25) is 9.59 Å². The fourth-order valence-corrected chi connectivity index (χ4v) is 2.19. The van der Waals surface area contributed by atoms with Crippen molar-refractivity contribution in [1.29, 1.82) is 0 Å². The normalized spacial score (nSPS) is 11.3. The Morgan fingerprint density at radius 2 is 2.04 bits per heavy atom. The molecule has 7 heteroatoms. The molecule has 0 bridgehead atoms. The number of hydrogen-bond donors (Lipinski definition) is 3. The third-order valence-corrected chi connectivity index (χ3v) is 3.50. The Labute approximate surface area is 136 Å². The van der Waals surface area contributed by atoms with E-state index < -0.39 is 24.9 Å². The van der Waals surface area contributed by atoms with Crippen LogP contribution in [-0.2, 0) is 16.0 Å². The highest BCUT2D eigenvalue weighted by Gasteiger charge is 2.26. The van der Waals surface area contributed by atoms with Gasteiger partial charge >= 0.3 is 7.12 Å². The Bertz CT molecular complexity index is 625. The molecule has 0 aliphatic rings. The summed E-state index contributed by atoms with van der Waals surface area (Å²) in [6.07, 6.45) is 5.24. The minimum atomic E-state index is -1.71. The third-order valence-electron chi connectivity index (χ3n) is 3.50. The van der Waals surface area contributed by atoms with Crippen LogP contribution in [-0.4, -0.2) is 53.4 Å². The topological polar surface area (TPSA) is 89.9 Å². The van der Waals surface area contributed by atoms with E-state index in [4.69, 9.17) is 6.42 Å². The van der Waals surface area contributed by atoms with Gasteiger partial charge < -0.3 is 20.3 Å². The molecule has 1 rings (SSSR count). The summed E-state index contributed by atoms with van der Waals surface area (Å²) in [4.78, 5) is 24.2. The Morgan fingerprint density at radius 1 is 1.39 bits per heavy atom. The lowest BCUT2D eigenvalue weighted by molar-refractivity contribution is -0.130. The number of aryl methyl sites for hydroxylation is 2. The van der Waals surface area contributed by atoms with Crippen molar-refractivity contribution in [3.05, 3.63) is 34.9 Å². The van der Waals surface area contributed by atoms with Crippen LogP contribution in [0, 0.1) is 26.2 Å². The summed E-state index contributed by atoms with van der Waals surface area (Å²) >= 11 is 0. The van der Waals surface area contributed by atoms with Gasteiger partial charge in [-0.2, -0.15) is 0 Å². The van der Waals surface area contributed by atoms with Crippen molar-refractivity contribution in [3.8, 4) is 12.3 Å². The average Bonchev–Trinajstić information content (AvgIpc) is 2.47. The van der Waals surface area contributed by atoms with Crippen molar-refractivity contribution in [1.82, 2.24) is 10.2 Å². The fraction of sp³-hybridized carbons (Fsp3) is 0.375. The van der Waals surface area contributed by atoms with Crippen LogP contribution >= 0.6 is 0 Å². The van der Waals surface area contributed by atoms with E-state index in [1.54, 1.807) is 0 Å². The molecule has 3 N–H and O–H groups in total. The van der Waals surface area contributed by atoms with Crippen molar-refractivity contribution in [2.75, 3.05) is 13.6 Å². The van der Waals surface area contributed by atoms with E-state index in [0.717, 1.165) is 21.6 Å². The summed E-state index contributed by atoms with van der Waals surface area (Å²) in [5.41, 5.74) is 3.01. The molecule has 0 saturated carbocycles. The maximum atomic E-state index is 11.9. The molecule has 0 heterocycles. The summed E-state index contributed by atoms with van der Waals surface area (Å²) < 4.78 is 0. The molecule has 0 saturated heterocycles. The molecule has 6 nitrogen and oxygen atoms in total. The highest BCUT2D eigenvalue weighted by molar-refractivity contribution is 6.43. The molecular formula is C16H21BN2O4. The quantitative estimate of drug-likeness (QED) is 0.484. The van der Waals surface area contributed by atoms with Crippen molar-refractivity contribution in [2.45, 2.75) is 26.2 Å². The number of likely N-dealkylation sites (N-methyl/N-ethyl adjacent to an activating group) is 1. The SMILES string of the molecule is C#CC(=O)N(C)CC(=O)N[C@@H](Cc1ccc(C)cc1C)B(O)O. The molecule has 23 heavy (non-hydrogen) atoms. The zero-order chi connectivity index (χ0) is 17.6. The summed E-state index contributed by atoms with van der Waals surface area (Å²) in [6, 6.07) is 5.79. The fourth-order valence-electron chi connectivity index (χ4n) is 2.19. The van der Waals surface area contributed by atoms with Gasteiger partial charge in [-0.25, -0.2) is 0 Å². The van der Waals surface area contributed by atoms with Crippen LogP contribution in [0.25, 0.3) is 0 Å². The van der Waals surface area contributed by atoms with Crippen molar-refractivity contribution >= 4 is 18.9 Å². The summed E-state index contributed by atoms with van der Waals surface area (Å²) in [5, 5.41) is 21.5. The van der Waals surface area contributed by atoms with Crippen LogP contribution in [0.5, 0.6) is 0 Å². The predicted octanol–water partition coefficient (Wildman–Crippen LogP) is -0.566. The van der Waals surface area contributed by atoms with Gasteiger partial charge in [-0.1, -0.05) is 23.8 Å². The number of nitrogens with zero attached hydrogens (tertiary/aromatic N) is 1. The van der Waals surface area contributed by atoms with E-state index in [0.29, 0.717) is 0 Å². The number of hydrogen-bond acceptors (Lipinski definition) is 4. The van der Waals surface area contributed by atoms with Gasteiger partial charge in [0.1, 0.15) is 6.54 Å². The van der Waals surface area contributed by atoms with Crippen molar-refractivity contribution in [2.24, 2.45) is 0 Å². The first-order valence-electron chi connectivity index (χ1n) is 7.18. The maximum absolute atomic E-state index is 11.9. The minimum Gasteiger partial charge on any atom is -0.426 e. The van der Waals surface area contributed by atoms with Crippen molar-refractivity contribution < 1.29 is 19.6 Å². The van der Waals surface area contributed by atoms with Gasteiger partial charge in [0.25, 0.3) is 5.91 Å². The Hall–Kier alpha value is -2.30. The minimum absolute atomic E-state index is 0.251. The van der Waals surface area contributed by atoms with Crippen LogP contribution in [0.15, 0.2) is 18.2 Å². The van der Waals surface area contributed by atoms with E-state index in [2.05, 4.69) is 5.32 Å². The second-order valence-electron chi connectivity index (χ2n) is 5.53. The summed E-state index contributed by atoms with van der Waals surface area (Å²) in [5.74, 6) is -0.0997. The molecule has 1 atom stereocenters. The molecule has 0 radical (unpaired) electrons. The molecule has 0 aliphatic heterocycles. The number of amides is 2.